The first-order valence-electron chi connectivity index (χ1n) is 10.3. The Morgan fingerprint density at radius 1 is 1.21 bits per heavy atom. The van der Waals surface area contributed by atoms with Crippen molar-refractivity contribution in [2.45, 2.75) is 38.9 Å². The van der Waals surface area contributed by atoms with Gasteiger partial charge in [-0.3, -0.25) is 4.57 Å². The summed E-state index contributed by atoms with van der Waals surface area (Å²) < 4.78 is 52.7. The van der Waals surface area contributed by atoms with Gasteiger partial charge in [0.05, 0.1) is 18.2 Å². The predicted octanol–water partition coefficient (Wildman–Crippen LogP) is 4.32. The summed E-state index contributed by atoms with van der Waals surface area (Å²) in [5.74, 6) is 0.576. The number of rotatable bonds is 8. The molecule has 0 unspecified atom stereocenters. The summed E-state index contributed by atoms with van der Waals surface area (Å²) in [7, 11) is 0. The number of alkyl halides is 3. The fraction of sp³-hybridized carbons (Fsp3) is 0.318. The van der Waals surface area contributed by atoms with E-state index in [0.29, 0.717) is 36.4 Å². The van der Waals surface area contributed by atoms with Crippen molar-refractivity contribution in [3.63, 3.8) is 0 Å². The van der Waals surface area contributed by atoms with Gasteiger partial charge in [-0.2, -0.15) is 13.2 Å². The summed E-state index contributed by atoms with van der Waals surface area (Å²) in [6, 6.07) is 7.85. The maximum Gasteiger partial charge on any atom is 0.437 e. The molecule has 0 atom stereocenters. The molecule has 0 spiro atoms. The Balaban J connectivity index is 1.48. The Morgan fingerprint density at radius 3 is 2.73 bits per heavy atom. The van der Waals surface area contributed by atoms with Crippen molar-refractivity contribution in [1.29, 1.82) is 0 Å². The summed E-state index contributed by atoms with van der Waals surface area (Å²) in [5, 5.41) is 13.3. The molecule has 3 aromatic heterocycles. The van der Waals surface area contributed by atoms with Crippen LogP contribution in [-0.4, -0.2) is 31.0 Å². The van der Waals surface area contributed by atoms with Gasteiger partial charge in [-0.05, 0) is 37.1 Å². The lowest BCUT2D eigenvalue weighted by atomic mass is 10.0. The molecule has 8 nitrogen and oxygen atoms in total. The Bertz CT molecular complexity index is 1310. The van der Waals surface area contributed by atoms with E-state index in [-0.39, 0.29) is 30.0 Å². The van der Waals surface area contributed by atoms with Crippen LogP contribution in [0.25, 0.3) is 16.8 Å². The van der Waals surface area contributed by atoms with Gasteiger partial charge in [-0.1, -0.05) is 24.6 Å². The zero-order valence-electron chi connectivity index (χ0n) is 17.7. The largest absolute Gasteiger partial charge is 0.493 e. The molecular formula is C22H21F3N4O4. The maximum atomic E-state index is 13.1. The van der Waals surface area contributed by atoms with Crippen molar-refractivity contribution in [2.75, 3.05) is 6.61 Å². The molecule has 4 rings (SSSR count). The van der Waals surface area contributed by atoms with Crippen LogP contribution in [0, 0.1) is 0 Å². The summed E-state index contributed by atoms with van der Waals surface area (Å²) >= 11 is 0. The minimum absolute atomic E-state index is 0.0583. The Kier molecular flexibility index (Phi) is 6.12. The van der Waals surface area contributed by atoms with E-state index in [1.165, 1.54) is 27.5 Å². The summed E-state index contributed by atoms with van der Waals surface area (Å²) in [6.45, 7) is 2.24. The second-order valence-corrected chi connectivity index (χ2v) is 7.38. The van der Waals surface area contributed by atoms with Gasteiger partial charge in [-0.25, -0.2) is 14.3 Å². The third-order valence-electron chi connectivity index (χ3n) is 5.11. The Labute approximate surface area is 185 Å². The van der Waals surface area contributed by atoms with Crippen molar-refractivity contribution in [1.82, 2.24) is 19.3 Å². The Morgan fingerprint density at radius 2 is 2.03 bits per heavy atom. The SMILES string of the molecule is CCCc1c(OCCCn2c(O)cn(-c3ccccn3)c2=O)ccc2c(C(F)(F)F)noc12. The summed E-state index contributed by atoms with van der Waals surface area (Å²) in [6.07, 6.45) is -0.290. The van der Waals surface area contributed by atoms with Gasteiger partial charge < -0.3 is 14.4 Å². The average Bonchev–Trinajstić information content (AvgIpc) is 3.35. The third kappa shape index (κ3) is 4.43. The van der Waals surface area contributed by atoms with Crippen LogP contribution in [0.1, 0.15) is 31.0 Å². The highest BCUT2D eigenvalue weighted by molar-refractivity contribution is 5.85. The van der Waals surface area contributed by atoms with E-state index in [1.807, 2.05) is 6.92 Å². The van der Waals surface area contributed by atoms with E-state index >= 15 is 0 Å². The smallest absolute Gasteiger partial charge is 0.437 e. The molecule has 0 bridgehead atoms. The van der Waals surface area contributed by atoms with Gasteiger partial charge in [-0.15, -0.1) is 0 Å². The molecule has 3 heterocycles. The third-order valence-corrected chi connectivity index (χ3v) is 5.11. The standard InChI is InChI=1S/C22H21F3N4O4/c1-2-6-14-16(9-8-15-19(14)33-27-20(15)22(23,24)25)32-12-5-11-28-18(30)13-29(21(28)31)17-7-3-4-10-26-17/h3-4,7-10,13,30H,2,5-6,11-12H2,1H3. The highest BCUT2D eigenvalue weighted by Crippen LogP contribution is 2.38. The number of hydrogen-bond donors (Lipinski definition) is 1. The van der Waals surface area contributed by atoms with Crippen molar-refractivity contribution >= 4 is 11.0 Å². The van der Waals surface area contributed by atoms with Crippen LogP contribution in [0.5, 0.6) is 11.6 Å². The molecule has 0 saturated carbocycles. The zero-order valence-corrected chi connectivity index (χ0v) is 17.7. The lowest BCUT2D eigenvalue weighted by molar-refractivity contribution is -0.141. The molecular weight excluding hydrogens is 441 g/mol. The molecule has 0 amide bonds. The first kappa shape index (κ1) is 22.4. The molecule has 0 radical (unpaired) electrons. The van der Waals surface area contributed by atoms with Crippen LogP contribution in [-0.2, 0) is 19.1 Å². The number of pyridine rings is 1. The van der Waals surface area contributed by atoms with Crippen molar-refractivity contribution in [3.05, 3.63) is 64.5 Å². The molecule has 0 saturated heterocycles. The number of nitrogens with zero attached hydrogens (tertiary/aromatic N) is 4. The van der Waals surface area contributed by atoms with Gasteiger partial charge in [0.15, 0.2) is 11.3 Å². The van der Waals surface area contributed by atoms with Gasteiger partial charge in [0.2, 0.25) is 5.88 Å². The van der Waals surface area contributed by atoms with Gasteiger partial charge in [0.1, 0.15) is 11.6 Å². The fourth-order valence-corrected chi connectivity index (χ4v) is 3.61. The van der Waals surface area contributed by atoms with Crippen molar-refractivity contribution in [3.8, 4) is 17.4 Å². The van der Waals surface area contributed by atoms with Crippen LogP contribution < -0.4 is 10.4 Å². The van der Waals surface area contributed by atoms with E-state index in [4.69, 9.17) is 9.26 Å². The monoisotopic (exact) mass is 462 g/mol. The van der Waals surface area contributed by atoms with E-state index in [2.05, 4.69) is 10.1 Å². The minimum Gasteiger partial charge on any atom is -0.493 e. The first-order valence-corrected chi connectivity index (χ1v) is 10.3. The second kappa shape index (κ2) is 9.00. The van der Waals surface area contributed by atoms with Gasteiger partial charge in [0.25, 0.3) is 0 Å². The molecule has 1 aromatic carbocycles. The van der Waals surface area contributed by atoms with E-state index < -0.39 is 17.6 Å². The van der Waals surface area contributed by atoms with Crippen LogP contribution in [0.15, 0.2) is 52.0 Å². The van der Waals surface area contributed by atoms with Gasteiger partial charge in [0, 0.05) is 18.3 Å². The van der Waals surface area contributed by atoms with Crippen LogP contribution in [0.2, 0.25) is 0 Å². The number of aromatic nitrogens is 4. The molecule has 1 N–H and O–H groups in total. The topological polar surface area (TPSA) is 95.3 Å². The van der Waals surface area contributed by atoms with Gasteiger partial charge >= 0.3 is 11.9 Å². The highest BCUT2D eigenvalue weighted by Gasteiger charge is 2.37. The molecule has 33 heavy (non-hydrogen) atoms. The second-order valence-electron chi connectivity index (χ2n) is 7.38. The van der Waals surface area contributed by atoms with Crippen LogP contribution in [0.4, 0.5) is 13.2 Å². The van der Waals surface area contributed by atoms with E-state index in [9.17, 15) is 23.1 Å². The number of aryl methyl sites for hydroxylation is 1. The van der Waals surface area contributed by atoms with E-state index in [1.54, 1.807) is 24.4 Å². The zero-order chi connectivity index (χ0) is 23.6. The number of hydrogen-bond acceptors (Lipinski definition) is 6. The number of aromatic hydroxyl groups is 1. The number of fused-ring (bicyclic) bond motifs is 1. The quantitative estimate of drug-likeness (QED) is 0.392. The lowest BCUT2D eigenvalue weighted by Crippen LogP contribution is -2.24. The lowest BCUT2D eigenvalue weighted by Gasteiger charge is -2.12. The summed E-state index contributed by atoms with van der Waals surface area (Å²) in [4.78, 5) is 16.7. The number of imidazole rings is 1. The molecule has 0 aliphatic carbocycles. The van der Waals surface area contributed by atoms with Crippen molar-refractivity contribution < 1.29 is 27.5 Å². The van der Waals surface area contributed by atoms with E-state index in [0.717, 1.165) is 0 Å². The molecule has 0 aliphatic rings. The molecule has 0 aliphatic heterocycles. The summed E-state index contributed by atoms with van der Waals surface area (Å²) in [5.41, 5.74) is -0.934. The molecule has 11 heteroatoms. The predicted molar refractivity (Wildman–Crippen MR) is 113 cm³/mol. The van der Waals surface area contributed by atoms with Crippen LogP contribution in [0.3, 0.4) is 0 Å². The Hall–Kier alpha value is -3.76. The highest BCUT2D eigenvalue weighted by atomic mass is 19.4. The number of halogens is 3. The fourth-order valence-electron chi connectivity index (χ4n) is 3.61. The average molecular weight is 462 g/mol. The number of ether oxygens (including phenoxy) is 1. The normalized spacial score (nSPS) is 11.9. The molecule has 0 fully saturated rings. The first-order chi connectivity index (χ1) is 15.8. The molecule has 4 aromatic rings. The molecule has 174 valence electrons. The minimum atomic E-state index is -4.61. The van der Waals surface area contributed by atoms with Crippen molar-refractivity contribution in [2.24, 2.45) is 0 Å². The number of benzene rings is 1. The maximum absolute atomic E-state index is 13.1. The van der Waals surface area contributed by atoms with Crippen LogP contribution >= 0.6 is 0 Å².